The Morgan fingerprint density at radius 2 is 2.20 bits per heavy atom. The fourth-order valence-corrected chi connectivity index (χ4v) is 2.76. The smallest absolute Gasteiger partial charge is 0.255 e. The first-order valence-electron chi connectivity index (χ1n) is 6.85. The number of hydrogen-bond acceptors (Lipinski definition) is 3. The van der Waals surface area contributed by atoms with Crippen LogP contribution in [0.15, 0.2) is 12.3 Å². The first-order valence-corrected chi connectivity index (χ1v) is 7.60. The first-order chi connectivity index (χ1) is 9.65. The van der Waals surface area contributed by atoms with Crippen molar-refractivity contribution in [2.24, 2.45) is 5.92 Å². The van der Waals surface area contributed by atoms with E-state index in [4.69, 9.17) is 27.9 Å². The molecule has 108 valence electrons. The van der Waals surface area contributed by atoms with Gasteiger partial charge in [0.15, 0.2) is 0 Å². The largest absolute Gasteiger partial charge is 0.381 e. The van der Waals surface area contributed by atoms with Gasteiger partial charge in [0, 0.05) is 31.3 Å². The fourth-order valence-electron chi connectivity index (χ4n) is 2.49. The Labute approximate surface area is 128 Å². The number of rotatable bonds is 4. The van der Waals surface area contributed by atoms with E-state index in [1.807, 2.05) is 4.90 Å². The van der Waals surface area contributed by atoms with Gasteiger partial charge in [0.1, 0.15) is 5.15 Å². The molecular weight excluding hydrogens is 299 g/mol. The summed E-state index contributed by atoms with van der Waals surface area (Å²) in [4.78, 5) is 18.5. The predicted molar refractivity (Wildman–Crippen MR) is 77.2 cm³/mol. The molecule has 1 amide bonds. The molecule has 1 unspecified atom stereocenters. The summed E-state index contributed by atoms with van der Waals surface area (Å²) in [5.41, 5.74) is 0.505. The molecule has 2 fully saturated rings. The minimum absolute atomic E-state index is 0.00883. The second kappa shape index (κ2) is 5.88. The lowest BCUT2D eigenvalue weighted by molar-refractivity contribution is 0.0706. The van der Waals surface area contributed by atoms with Crippen molar-refractivity contribution in [3.05, 3.63) is 28.0 Å². The van der Waals surface area contributed by atoms with Gasteiger partial charge in [0.2, 0.25) is 0 Å². The van der Waals surface area contributed by atoms with Crippen LogP contribution >= 0.6 is 23.2 Å². The van der Waals surface area contributed by atoms with Gasteiger partial charge in [-0.25, -0.2) is 4.98 Å². The summed E-state index contributed by atoms with van der Waals surface area (Å²) >= 11 is 11.7. The van der Waals surface area contributed by atoms with Crippen LogP contribution in [0.3, 0.4) is 0 Å². The summed E-state index contributed by atoms with van der Waals surface area (Å²) in [7, 11) is 0. The minimum Gasteiger partial charge on any atom is -0.381 e. The van der Waals surface area contributed by atoms with Crippen molar-refractivity contribution in [3.63, 3.8) is 0 Å². The van der Waals surface area contributed by atoms with Gasteiger partial charge in [0.05, 0.1) is 17.2 Å². The van der Waals surface area contributed by atoms with Gasteiger partial charge in [0.25, 0.3) is 5.91 Å². The number of nitrogens with zero attached hydrogens (tertiary/aromatic N) is 2. The Morgan fingerprint density at radius 1 is 1.40 bits per heavy atom. The number of carbonyl (C=O) groups excluding carboxylic acids is 1. The van der Waals surface area contributed by atoms with Crippen molar-refractivity contribution < 1.29 is 9.53 Å². The SMILES string of the molecule is O=C(c1cnc(Cl)c(Cl)c1)N(CC1CCOC1)C1CC1. The fraction of sp³-hybridized carbons (Fsp3) is 0.571. The van der Waals surface area contributed by atoms with Crippen LogP contribution in [-0.4, -0.2) is 41.6 Å². The van der Waals surface area contributed by atoms with Crippen molar-refractivity contribution in [2.75, 3.05) is 19.8 Å². The standard InChI is InChI=1S/C14H16Cl2N2O2/c15-12-5-10(6-17-13(12)16)14(19)18(11-1-2-11)7-9-3-4-20-8-9/h5-6,9,11H,1-4,7-8H2. The average Bonchev–Trinajstić information content (AvgIpc) is 3.15. The van der Waals surface area contributed by atoms with Crippen LogP contribution in [0.4, 0.5) is 0 Å². The zero-order valence-electron chi connectivity index (χ0n) is 11.0. The molecule has 0 aromatic carbocycles. The Hall–Kier alpha value is -0.840. The van der Waals surface area contributed by atoms with E-state index >= 15 is 0 Å². The summed E-state index contributed by atoms with van der Waals surface area (Å²) in [5.74, 6) is 0.431. The number of halogens is 2. The van der Waals surface area contributed by atoms with Crippen LogP contribution in [0, 0.1) is 5.92 Å². The Kier molecular flexibility index (Phi) is 4.15. The van der Waals surface area contributed by atoms with E-state index in [1.54, 1.807) is 6.07 Å². The summed E-state index contributed by atoms with van der Waals surface area (Å²) < 4.78 is 5.39. The molecular formula is C14H16Cl2N2O2. The van der Waals surface area contributed by atoms with Crippen molar-refractivity contribution in [3.8, 4) is 0 Å². The van der Waals surface area contributed by atoms with Crippen LogP contribution in [-0.2, 0) is 4.74 Å². The van der Waals surface area contributed by atoms with Gasteiger partial charge in [-0.15, -0.1) is 0 Å². The first kappa shape index (κ1) is 14.1. The quantitative estimate of drug-likeness (QED) is 0.802. The van der Waals surface area contributed by atoms with Gasteiger partial charge in [-0.05, 0) is 25.3 Å². The molecule has 0 radical (unpaired) electrons. The number of amides is 1. The van der Waals surface area contributed by atoms with Crippen LogP contribution in [0.5, 0.6) is 0 Å². The molecule has 20 heavy (non-hydrogen) atoms. The zero-order valence-corrected chi connectivity index (χ0v) is 12.5. The molecule has 1 aromatic heterocycles. The van der Waals surface area contributed by atoms with Crippen molar-refractivity contribution in [1.82, 2.24) is 9.88 Å². The summed E-state index contributed by atoms with van der Waals surface area (Å²) in [6.07, 6.45) is 4.68. The van der Waals surface area contributed by atoms with E-state index in [9.17, 15) is 4.79 Å². The lowest BCUT2D eigenvalue weighted by Gasteiger charge is -2.25. The second-order valence-electron chi connectivity index (χ2n) is 5.41. The van der Waals surface area contributed by atoms with Crippen LogP contribution in [0.2, 0.25) is 10.2 Å². The van der Waals surface area contributed by atoms with Crippen LogP contribution < -0.4 is 0 Å². The molecule has 1 aromatic rings. The van der Waals surface area contributed by atoms with Gasteiger partial charge in [-0.2, -0.15) is 0 Å². The molecule has 0 spiro atoms. The predicted octanol–water partition coefficient (Wildman–Crippen LogP) is 3.03. The number of ether oxygens (including phenoxy) is 1. The maximum Gasteiger partial charge on any atom is 0.255 e. The Balaban J connectivity index is 1.75. The molecule has 6 heteroatoms. The van der Waals surface area contributed by atoms with Crippen molar-refractivity contribution >= 4 is 29.1 Å². The highest BCUT2D eigenvalue weighted by molar-refractivity contribution is 6.41. The van der Waals surface area contributed by atoms with Crippen LogP contribution in [0.25, 0.3) is 0 Å². The molecule has 1 aliphatic heterocycles. The van der Waals surface area contributed by atoms with Crippen LogP contribution in [0.1, 0.15) is 29.6 Å². The molecule has 1 saturated heterocycles. The van der Waals surface area contributed by atoms with E-state index in [2.05, 4.69) is 4.98 Å². The van der Waals surface area contributed by atoms with E-state index < -0.39 is 0 Å². The third-order valence-electron chi connectivity index (χ3n) is 3.77. The highest BCUT2D eigenvalue weighted by Gasteiger charge is 2.35. The number of carbonyl (C=O) groups is 1. The van der Waals surface area contributed by atoms with Gasteiger partial charge in [-0.3, -0.25) is 4.79 Å². The Bertz CT molecular complexity index is 514. The summed E-state index contributed by atoms with van der Waals surface area (Å²) in [6.45, 7) is 2.30. The minimum atomic E-state index is -0.00883. The maximum atomic E-state index is 12.6. The lowest BCUT2D eigenvalue weighted by atomic mass is 10.1. The highest BCUT2D eigenvalue weighted by atomic mass is 35.5. The molecule has 0 N–H and O–H groups in total. The van der Waals surface area contributed by atoms with Gasteiger partial charge in [-0.1, -0.05) is 23.2 Å². The maximum absolute atomic E-state index is 12.6. The molecule has 1 saturated carbocycles. The van der Waals surface area contributed by atoms with E-state index in [-0.39, 0.29) is 11.1 Å². The lowest BCUT2D eigenvalue weighted by Crippen LogP contribution is -2.37. The number of hydrogen-bond donors (Lipinski definition) is 0. The molecule has 2 aliphatic rings. The van der Waals surface area contributed by atoms with Crippen molar-refractivity contribution in [1.29, 1.82) is 0 Å². The zero-order chi connectivity index (χ0) is 14.1. The Morgan fingerprint density at radius 3 is 2.80 bits per heavy atom. The molecule has 1 aliphatic carbocycles. The molecule has 0 bridgehead atoms. The van der Waals surface area contributed by atoms with E-state index in [0.717, 1.165) is 39.0 Å². The molecule has 3 rings (SSSR count). The molecule has 1 atom stereocenters. The normalized spacial score (nSPS) is 22.0. The molecule has 2 heterocycles. The topological polar surface area (TPSA) is 42.4 Å². The number of pyridine rings is 1. The molecule has 4 nitrogen and oxygen atoms in total. The summed E-state index contributed by atoms with van der Waals surface area (Å²) in [6, 6.07) is 1.96. The average molecular weight is 315 g/mol. The highest BCUT2D eigenvalue weighted by Crippen LogP contribution is 2.31. The second-order valence-corrected chi connectivity index (χ2v) is 6.18. The van der Waals surface area contributed by atoms with Gasteiger partial charge < -0.3 is 9.64 Å². The van der Waals surface area contributed by atoms with E-state index in [1.165, 1.54) is 6.20 Å². The van der Waals surface area contributed by atoms with Gasteiger partial charge >= 0.3 is 0 Å². The third-order valence-corrected chi connectivity index (χ3v) is 4.46. The van der Waals surface area contributed by atoms with Crippen molar-refractivity contribution in [2.45, 2.75) is 25.3 Å². The monoisotopic (exact) mass is 314 g/mol. The third kappa shape index (κ3) is 3.08. The number of aromatic nitrogens is 1. The summed E-state index contributed by atoms with van der Waals surface area (Å²) in [5, 5.41) is 0.544. The van der Waals surface area contributed by atoms with E-state index in [0.29, 0.717) is 22.5 Å².